The number of allylic oxidation sites excluding steroid dienone is 2. The molecule has 1 heteroatoms. The van der Waals surface area contributed by atoms with E-state index in [1.807, 2.05) is 0 Å². The second-order valence-electron chi connectivity index (χ2n) is 10.1. The van der Waals surface area contributed by atoms with Crippen molar-refractivity contribution in [2.75, 3.05) is 0 Å². The molecule has 0 amide bonds. The summed E-state index contributed by atoms with van der Waals surface area (Å²) in [4.78, 5) is 0. The van der Waals surface area contributed by atoms with Gasteiger partial charge >= 0.3 is 0 Å². The van der Waals surface area contributed by atoms with E-state index >= 15 is 0 Å². The quantitative estimate of drug-likeness (QED) is 0.398. The Hall–Kier alpha value is -2.64. The van der Waals surface area contributed by atoms with Crippen molar-refractivity contribution in [2.45, 2.75) is 62.3 Å². The SMILES string of the molecule is Cc1cc(C)c(C2=CC=C[Si]2(c2c(C)cc(C)cc2C)c2c(C)cc(C)cc2C)c(C)c1. The van der Waals surface area contributed by atoms with Crippen molar-refractivity contribution in [1.29, 1.82) is 0 Å². The normalized spacial score (nSPS) is 14.7. The predicted octanol–water partition coefficient (Wildman–Crippen LogP) is 6.76. The zero-order valence-corrected chi connectivity index (χ0v) is 22.2. The molecule has 0 nitrogen and oxygen atoms in total. The Morgan fingerprint density at radius 3 is 1.19 bits per heavy atom. The Labute approximate surface area is 195 Å². The molecule has 0 saturated heterocycles. The molecule has 3 aromatic rings. The van der Waals surface area contributed by atoms with Crippen molar-refractivity contribution >= 4 is 23.6 Å². The standard InChI is InChI=1S/C31H36Si/c1-19-13-22(4)29(23(5)14-19)28-11-10-12-32(28,30-24(6)15-20(2)16-25(30)7)31-26(8)17-21(3)18-27(31)9/h10-18H,1-9H3. The van der Waals surface area contributed by atoms with E-state index in [0.717, 1.165) is 0 Å². The Kier molecular flexibility index (Phi) is 5.67. The van der Waals surface area contributed by atoms with Crippen LogP contribution >= 0.6 is 0 Å². The molecule has 0 bridgehead atoms. The summed E-state index contributed by atoms with van der Waals surface area (Å²) in [6.45, 7) is 20.5. The van der Waals surface area contributed by atoms with Gasteiger partial charge in [-0.3, -0.25) is 0 Å². The fourth-order valence-electron chi connectivity index (χ4n) is 6.56. The van der Waals surface area contributed by atoms with Crippen LogP contribution in [0.5, 0.6) is 0 Å². The summed E-state index contributed by atoms with van der Waals surface area (Å²) in [7, 11) is -2.38. The van der Waals surface area contributed by atoms with Gasteiger partial charge in [0.2, 0.25) is 0 Å². The van der Waals surface area contributed by atoms with Crippen LogP contribution in [0.2, 0.25) is 0 Å². The fraction of sp³-hybridized carbons (Fsp3) is 0.290. The summed E-state index contributed by atoms with van der Waals surface area (Å²) in [6, 6.07) is 14.2. The lowest BCUT2D eigenvalue weighted by Crippen LogP contribution is -2.61. The second-order valence-corrected chi connectivity index (χ2v) is 13.6. The van der Waals surface area contributed by atoms with Crippen LogP contribution in [0.25, 0.3) is 5.20 Å². The summed E-state index contributed by atoms with van der Waals surface area (Å²) < 4.78 is 0. The zero-order valence-electron chi connectivity index (χ0n) is 21.2. The average molecular weight is 437 g/mol. The lowest BCUT2D eigenvalue weighted by atomic mass is 9.99. The van der Waals surface area contributed by atoms with E-state index in [0.29, 0.717) is 0 Å². The largest absolute Gasteiger partial charge is 0.174 e. The Balaban J connectivity index is 2.17. The topological polar surface area (TPSA) is 0 Å². The van der Waals surface area contributed by atoms with Gasteiger partial charge in [-0.05, 0) is 94.6 Å². The fourth-order valence-corrected chi connectivity index (χ4v) is 12.2. The summed E-state index contributed by atoms with van der Waals surface area (Å²) in [5, 5.41) is 4.67. The highest BCUT2D eigenvalue weighted by Gasteiger charge is 2.45. The molecule has 3 aromatic carbocycles. The predicted molar refractivity (Wildman–Crippen MR) is 144 cm³/mol. The minimum absolute atomic E-state index is 1.34. The van der Waals surface area contributed by atoms with Crippen LogP contribution in [0.1, 0.15) is 55.6 Å². The van der Waals surface area contributed by atoms with Crippen LogP contribution in [-0.4, -0.2) is 8.07 Å². The van der Waals surface area contributed by atoms with Crippen LogP contribution in [0.3, 0.4) is 0 Å². The molecule has 32 heavy (non-hydrogen) atoms. The summed E-state index contributed by atoms with van der Waals surface area (Å²) in [5.41, 5.74) is 16.6. The van der Waals surface area contributed by atoms with Gasteiger partial charge in [0.15, 0.2) is 8.07 Å². The Morgan fingerprint density at radius 2 is 0.812 bits per heavy atom. The van der Waals surface area contributed by atoms with Crippen molar-refractivity contribution in [1.82, 2.24) is 0 Å². The van der Waals surface area contributed by atoms with Crippen molar-refractivity contribution in [3.63, 3.8) is 0 Å². The first-order chi connectivity index (χ1) is 15.1. The van der Waals surface area contributed by atoms with Crippen LogP contribution in [0.4, 0.5) is 0 Å². The molecule has 4 rings (SSSR count). The molecule has 0 saturated carbocycles. The molecule has 0 radical (unpaired) electrons. The van der Waals surface area contributed by atoms with Crippen molar-refractivity contribution in [3.8, 4) is 0 Å². The lowest BCUT2D eigenvalue weighted by Gasteiger charge is -2.37. The third-order valence-corrected chi connectivity index (χ3v) is 12.2. The first-order valence-corrected chi connectivity index (χ1v) is 13.8. The Bertz CT molecular complexity index is 1170. The van der Waals surface area contributed by atoms with Gasteiger partial charge in [-0.1, -0.05) is 93.2 Å². The highest BCUT2D eigenvalue weighted by atomic mass is 28.3. The van der Waals surface area contributed by atoms with Gasteiger partial charge in [-0.15, -0.1) is 0 Å². The minimum Gasteiger partial charge on any atom is -0.0818 e. The lowest BCUT2D eigenvalue weighted by molar-refractivity contribution is 1.29. The number of aryl methyl sites for hydroxylation is 9. The highest BCUT2D eigenvalue weighted by molar-refractivity contribution is 7.19. The molecule has 0 aromatic heterocycles. The van der Waals surface area contributed by atoms with E-state index in [2.05, 4.69) is 117 Å². The summed E-state index contributed by atoms with van der Waals surface area (Å²) >= 11 is 0. The molecule has 1 aliphatic rings. The number of benzene rings is 3. The highest BCUT2D eigenvalue weighted by Crippen LogP contribution is 2.38. The summed E-state index contributed by atoms with van der Waals surface area (Å²) in [6.07, 6.45) is 4.77. The third-order valence-electron chi connectivity index (χ3n) is 7.12. The molecule has 164 valence electrons. The van der Waals surface area contributed by atoms with Gasteiger partial charge < -0.3 is 0 Å². The van der Waals surface area contributed by atoms with E-state index in [-0.39, 0.29) is 0 Å². The van der Waals surface area contributed by atoms with Gasteiger partial charge in [-0.2, -0.15) is 0 Å². The maximum atomic E-state index is 2.59. The molecule has 0 N–H and O–H groups in total. The van der Waals surface area contributed by atoms with Crippen molar-refractivity contribution in [2.24, 2.45) is 0 Å². The number of rotatable bonds is 3. The van der Waals surface area contributed by atoms with Crippen LogP contribution in [-0.2, 0) is 0 Å². The monoisotopic (exact) mass is 436 g/mol. The number of hydrogen-bond donors (Lipinski definition) is 0. The first kappa shape index (κ1) is 22.5. The molecular weight excluding hydrogens is 400 g/mol. The van der Waals surface area contributed by atoms with Gasteiger partial charge in [-0.25, -0.2) is 0 Å². The van der Waals surface area contributed by atoms with E-state index < -0.39 is 8.07 Å². The van der Waals surface area contributed by atoms with Crippen molar-refractivity contribution in [3.05, 3.63) is 110 Å². The van der Waals surface area contributed by atoms with Crippen molar-refractivity contribution < 1.29 is 0 Å². The maximum absolute atomic E-state index is 2.59. The van der Waals surface area contributed by atoms with E-state index in [4.69, 9.17) is 0 Å². The van der Waals surface area contributed by atoms with E-state index in [1.165, 1.54) is 60.8 Å². The molecule has 0 fully saturated rings. The van der Waals surface area contributed by atoms with Crippen LogP contribution < -0.4 is 10.4 Å². The van der Waals surface area contributed by atoms with Gasteiger partial charge in [0.1, 0.15) is 0 Å². The minimum atomic E-state index is -2.38. The molecule has 1 aliphatic heterocycles. The summed E-state index contributed by atoms with van der Waals surface area (Å²) in [5.74, 6) is 0. The first-order valence-electron chi connectivity index (χ1n) is 11.7. The van der Waals surface area contributed by atoms with E-state index in [9.17, 15) is 0 Å². The zero-order chi connectivity index (χ0) is 23.4. The molecule has 0 aliphatic carbocycles. The van der Waals surface area contributed by atoms with Gasteiger partial charge in [0, 0.05) is 0 Å². The molecular formula is C31H36Si. The Morgan fingerprint density at radius 1 is 0.469 bits per heavy atom. The molecule has 0 atom stereocenters. The maximum Gasteiger partial charge on any atom is 0.174 e. The second kappa shape index (κ2) is 8.05. The molecule has 0 unspecified atom stereocenters. The van der Waals surface area contributed by atoms with Crippen LogP contribution in [0.15, 0.2) is 54.2 Å². The van der Waals surface area contributed by atoms with Gasteiger partial charge in [0.05, 0.1) is 0 Å². The molecule has 0 spiro atoms. The molecule has 1 heterocycles. The number of hydrogen-bond acceptors (Lipinski definition) is 0. The average Bonchev–Trinajstić information content (AvgIpc) is 3.03. The van der Waals surface area contributed by atoms with Crippen LogP contribution in [0, 0.1) is 62.3 Å². The smallest absolute Gasteiger partial charge is 0.0818 e. The third kappa shape index (κ3) is 3.44. The van der Waals surface area contributed by atoms with Gasteiger partial charge in [0.25, 0.3) is 0 Å². The van der Waals surface area contributed by atoms with E-state index in [1.54, 1.807) is 10.4 Å².